The van der Waals surface area contributed by atoms with E-state index in [1.54, 1.807) is 12.1 Å². The maximum Gasteiger partial charge on any atom is 0.331 e. The first-order valence-electron chi connectivity index (χ1n) is 4.78. The molecule has 1 aromatic carbocycles. The van der Waals surface area contributed by atoms with Crippen molar-refractivity contribution in [1.82, 2.24) is 0 Å². The second-order valence-corrected chi connectivity index (χ2v) is 3.16. The molecule has 4 heteroatoms. The van der Waals surface area contributed by atoms with Gasteiger partial charge in [0.15, 0.2) is 0 Å². The van der Waals surface area contributed by atoms with Crippen LogP contribution in [-0.4, -0.2) is 19.3 Å². The first-order chi connectivity index (χ1) is 7.76. The van der Waals surface area contributed by atoms with Crippen LogP contribution in [0, 0.1) is 0 Å². The Morgan fingerprint density at radius 1 is 1.19 bits per heavy atom. The van der Waals surface area contributed by atoms with Crippen molar-refractivity contribution in [3.63, 3.8) is 0 Å². The highest BCUT2D eigenvalue weighted by molar-refractivity contribution is 5.82. The van der Waals surface area contributed by atoms with Gasteiger partial charge in [-0.15, -0.1) is 0 Å². The quantitative estimate of drug-likeness (QED) is 0.569. The van der Waals surface area contributed by atoms with E-state index in [2.05, 4.69) is 0 Å². The number of allylic oxidation sites excluding steroid dienone is 1. The van der Waals surface area contributed by atoms with E-state index in [9.17, 15) is 13.6 Å². The molecule has 0 aliphatic rings. The minimum atomic E-state index is -0.975. The van der Waals surface area contributed by atoms with Crippen LogP contribution in [0.2, 0.25) is 0 Å². The van der Waals surface area contributed by atoms with Gasteiger partial charge in [0, 0.05) is 6.08 Å². The van der Waals surface area contributed by atoms with Gasteiger partial charge in [-0.05, 0) is 11.1 Å². The van der Waals surface area contributed by atoms with Crippen molar-refractivity contribution in [2.45, 2.75) is 6.61 Å². The third kappa shape index (κ3) is 4.21. The molecule has 0 aliphatic heterocycles. The molecule has 0 heterocycles. The predicted molar refractivity (Wildman–Crippen MR) is 56.3 cm³/mol. The van der Waals surface area contributed by atoms with Gasteiger partial charge in [-0.3, -0.25) is 0 Å². The molecule has 0 saturated carbocycles. The summed E-state index contributed by atoms with van der Waals surface area (Å²) in [5, 5.41) is 0. The van der Waals surface area contributed by atoms with Gasteiger partial charge in [0.1, 0.15) is 20.0 Å². The lowest BCUT2D eigenvalue weighted by Crippen LogP contribution is -2.03. The Labute approximate surface area is 92.5 Å². The maximum atomic E-state index is 12.1. The molecule has 0 N–H and O–H groups in total. The van der Waals surface area contributed by atoms with E-state index in [4.69, 9.17) is 4.74 Å². The number of carbonyl (C=O) groups is 1. The van der Waals surface area contributed by atoms with E-state index >= 15 is 0 Å². The smallest absolute Gasteiger partial charge is 0.331 e. The van der Waals surface area contributed by atoms with Gasteiger partial charge in [-0.1, -0.05) is 30.3 Å². The molecule has 0 aliphatic carbocycles. The van der Waals surface area contributed by atoms with Crippen LogP contribution >= 0.6 is 0 Å². The number of halogens is 2. The van der Waals surface area contributed by atoms with Gasteiger partial charge in [-0.25, -0.2) is 13.6 Å². The Bertz CT molecular complexity index is 355. The molecule has 0 bridgehead atoms. The molecule has 86 valence electrons. The van der Waals surface area contributed by atoms with Gasteiger partial charge in [0.2, 0.25) is 0 Å². The zero-order valence-electron chi connectivity index (χ0n) is 8.66. The Hall–Kier alpha value is -1.71. The summed E-state index contributed by atoms with van der Waals surface area (Å²) in [6.45, 7) is -1.85. The van der Waals surface area contributed by atoms with Crippen LogP contribution in [-0.2, 0) is 16.1 Å². The van der Waals surface area contributed by atoms with Gasteiger partial charge in [0.25, 0.3) is 0 Å². The Morgan fingerprint density at radius 2 is 1.81 bits per heavy atom. The molecule has 0 saturated heterocycles. The van der Waals surface area contributed by atoms with Gasteiger partial charge < -0.3 is 4.74 Å². The topological polar surface area (TPSA) is 26.3 Å². The summed E-state index contributed by atoms with van der Waals surface area (Å²) in [5.41, 5.74) is 0.615. The first kappa shape index (κ1) is 12.4. The normalized spacial score (nSPS) is 9.62. The van der Waals surface area contributed by atoms with Gasteiger partial charge >= 0.3 is 5.97 Å². The molecule has 0 amide bonds. The molecule has 0 atom stereocenters. The van der Waals surface area contributed by atoms with E-state index in [1.807, 2.05) is 18.2 Å². The number of hydrogen-bond acceptors (Lipinski definition) is 2. The average Bonchev–Trinajstić information content (AvgIpc) is 2.34. The van der Waals surface area contributed by atoms with Crippen LogP contribution < -0.4 is 0 Å². The van der Waals surface area contributed by atoms with E-state index in [0.717, 1.165) is 11.6 Å². The summed E-state index contributed by atoms with van der Waals surface area (Å²) in [7, 11) is 0. The third-order valence-electron chi connectivity index (χ3n) is 1.89. The standard InChI is InChI=1S/C12H12F2O2/c13-7-11(8-14)6-12(15)16-9-10-4-2-1-3-5-10/h1-6H,7-9H2. The van der Waals surface area contributed by atoms with Gasteiger partial charge in [-0.2, -0.15) is 0 Å². The number of carbonyl (C=O) groups excluding carboxylic acids is 1. The fraction of sp³-hybridized carbons (Fsp3) is 0.250. The molecule has 0 unspecified atom stereocenters. The fourth-order valence-electron chi connectivity index (χ4n) is 1.05. The lowest BCUT2D eigenvalue weighted by molar-refractivity contribution is -0.139. The van der Waals surface area contributed by atoms with E-state index in [0.29, 0.717) is 0 Å². The van der Waals surface area contributed by atoms with Crippen molar-refractivity contribution in [2.75, 3.05) is 13.3 Å². The van der Waals surface area contributed by atoms with Crippen molar-refractivity contribution in [2.24, 2.45) is 0 Å². The largest absolute Gasteiger partial charge is 0.458 e. The monoisotopic (exact) mass is 226 g/mol. The highest BCUT2D eigenvalue weighted by atomic mass is 19.1. The minimum absolute atomic E-state index is 0.0992. The molecule has 0 aromatic heterocycles. The van der Waals surface area contributed by atoms with Crippen LogP contribution in [0.15, 0.2) is 42.0 Å². The Kier molecular flexibility index (Phi) is 5.19. The number of ether oxygens (including phenoxy) is 1. The van der Waals surface area contributed by atoms with Crippen molar-refractivity contribution in [1.29, 1.82) is 0 Å². The molecule has 16 heavy (non-hydrogen) atoms. The van der Waals surface area contributed by atoms with E-state index in [1.165, 1.54) is 0 Å². The van der Waals surface area contributed by atoms with Crippen LogP contribution in [0.4, 0.5) is 8.78 Å². The molecule has 2 nitrogen and oxygen atoms in total. The summed E-state index contributed by atoms with van der Waals surface area (Å²) in [6.07, 6.45) is 0.850. The number of hydrogen-bond donors (Lipinski definition) is 0. The summed E-state index contributed by atoms with van der Waals surface area (Å²) in [6, 6.07) is 9.06. The number of benzene rings is 1. The van der Waals surface area contributed by atoms with Gasteiger partial charge in [0.05, 0.1) is 0 Å². The van der Waals surface area contributed by atoms with Crippen LogP contribution in [0.1, 0.15) is 5.56 Å². The number of esters is 1. The lowest BCUT2D eigenvalue weighted by Gasteiger charge is -2.02. The molecule has 0 radical (unpaired) electrons. The van der Waals surface area contributed by atoms with Crippen LogP contribution in [0.5, 0.6) is 0 Å². The van der Waals surface area contributed by atoms with Crippen molar-refractivity contribution in [3.05, 3.63) is 47.5 Å². The van der Waals surface area contributed by atoms with Crippen molar-refractivity contribution >= 4 is 5.97 Å². The summed E-state index contributed by atoms with van der Waals surface area (Å²) in [5.74, 6) is -0.728. The summed E-state index contributed by atoms with van der Waals surface area (Å²) in [4.78, 5) is 11.1. The number of alkyl halides is 2. The van der Waals surface area contributed by atoms with Crippen molar-refractivity contribution < 1.29 is 18.3 Å². The Morgan fingerprint density at radius 3 is 2.38 bits per heavy atom. The average molecular weight is 226 g/mol. The van der Waals surface area contributed by atoms with E-state index < -0.39 is 19.3 Å². The maximum absolute atomic E-state index is 12.1. The first-order valence-corrected chi connectivity index (χ1v) is 4.78. The summed E-state index contributed by atoms with van der Waals surface area (Å²) < 4.78 is 28.9. The summed E-state index contributed by atoms with van der Waals surface area (Å²) >= 11 is 0. The second kappa shape index (κ2) is 6.71. The SMILES string of the molecule is O=C(C=C(CF)CF)OCc1ccccc1. The molecular weight excluding hydrogens is 214 g/mol. The predicted octanol–water partition coefficient (Wildman–Crippen LogP) is 2.60. The minimum Gasteiger partial charge on any atom is -0.458 e. The Balaban J connectivity index is 2.44. The molecule has 0 fully saturated rings. The van der Waals surface area contributed by atoms with Crippen molar-refractivity contribution in [3.8, 4) is 0 Å². The zero-order chi connectivity index (χ0) is 11.8. The molecule has 1 aromatic rings. The number of rotatable bonds is 5. The second-order valence-electron chi connectivity index (χ2n) is 3.16. The lowest BCUT2D eigenvalue weighted by atomic mass is 10.2. The van der Waals surface area contributed by atoms with Crippen LogP contribution in [0.25, 0.3) is 0 Å². The fourth-order valence-corrected chi connectivity index (χ4v) is 1.05. The highest BCUT2D eigenvalue weighted by Gasteiger charge is 2.03. The third-order valence-corrected chi connectivity index (χ3v) is 1.89. The van der Waals surface area contributed by atoms with Crippen LogP contribution in [0.3, 0.4) is 0 Å². The molecule has 0 spiro atoms. The zero-order valence-corrected chi connectivity index (χ0v) is 8.66. The highest BCUT2D eigenvalue weighted by Crippen LogP contribution is 2.03. The molecule has 1 rings (SSSR count). The molecular formula is C12H12F2O2. The van der Waals surface area contributed by atoms with E-state index in [-0.39, 0.29) is 12.2 Å².